The van der Waals surface area contributed by atoms with Crippen molar-refractivity contribution in [3.8, 4) is 0 Å². The zero-order valence-electron chi connectivity index (χ0n) is 11.7. The van der Waals surface area contributed by atoms with Crippen LogP contribution in [0.2, 0.25) is 0 Å². The fourth-order valence-electron chi connectivity index (χ4n) is 3.54. The maximum absolute atomic E-state index is 12.6. The Labute approximate surface area is 115 Å². The molecule has 2 atom stereocenters. The average molecular weight is 257 g/mol. The minimum absolute atomic E-state index is 0.262. The standard InChI is InChI=1S/C17H23NO/c1-12-3-2-4-14(9-12)17(19)15-6-5-13-7-8-18-11-16(13)10-15/h5-6,10,12,14,18H,2-4,7-9,11H2,1H3. The molecule has 2 nitrogen and oxygen atoms in total. The van der Waals surface area contributed by atoms with Crippen LogP contribution in [0.5, 0.6) is 0 Å². The number of nitrogens with one attached hydrogen (secondary N) is 1. The number of fused-ring (bicyclic) bond motifs is 1. The fourth-order valence-corrected chi connectivity index (χ4v) is 3.54. The van der Waals surface area contributed by atoms with E-state index in [1.807, 2.05) is 6.07 Å². The molecule has 0 saturated heterocycles. The molecule has 2 aliphatic rings. The Morgan fingerprint density at radius 1 is 1.26 bits per heavy atom. The Bertz CT molecular complexity index is 480. The van der Waals surface area contributed by atoms with E-state index in [2.05, 4.69) is 24.4 Å². The molecule has 1 aromatic carbocycles. The van der Waals surface area contributed by atoms with Crippen molar-refractivity contribution in [3.05, 3.63) is 34.9 Å². The van der Waals surface area contributed by atoms with Crippen LogP contribution in [0, 0.1) is 11.8 Å². The summed E-state index contributed by atoms with van der Waals surface area (Å²) in [5, 5.41) is 3.38. The molecule has 1 fully saturated rings. The smallest absolute Gasteiger partial charge is 0.165 e. The van der Waals surface area contributed by atoms with E-state index in [1.165, 1.54) is 24.0 Å². The van der Waals surface area contributed by atoms with Crippen LogP contribution in [0.3, 0.4) is 0 Å². The van der Waals surface area contributed by atoms with Crippen molar-refractivity contribution in [3.63, 3.8) is 0 Å². The maximum atomic E-state index is 12.6. The Hall–Kier alpha value is -1.15. The third-order valence-corrected chi connectivity index (χ3v) is 4.68. The molecule has 0 spiro atoms. The summed E-state index contributed by atoms with van der Waals surface area (Å²) in [5.74, 6) is 1.35. The third-order valence-electron chi connectivity index (χ3n) is 4.68. The first kappa shape index (κ1) is 12.9. The second kappa shape index (κ2) is 5.46. The molecule has 0 bridgehead atoms. The van der Waals surface area contributed by atoms with Gasteiger partial charge in [0.05, 0.1) is 0 Å². The van der Waals surface area contributed by atoms with E-state index in [0.717, 1.165) is 37.9 Å². The summed E-state index contributed by atoms with van der Waals surface area (Å²) in [6.07, 6.45) is 5.75. The molecular formula is C17H23NO. The van der Waals surface area contributed by atoms with Crippen LogP contribution in [0.25, 0.3) is 0 Å². The van der Waals surface area contributed by atoms with Crippen molar-refractivity contribution in [1.29, 1.82) is 0 Å². The molecule has 19 heavy (non-hydrogen) atoms. The quantitative estimate of drug-likeness (QED) is 0.823. The van der Waals surface area contributed by atoms with Crippen LogP contribution in [-0.4, -0.2) is 12.3 Å². The fraction of sp³-hybridized carbons (Fsp3) is 0.588. The van der Waals surface area contributed by atoms with Gasteiger partial charge >= 0.3 is 0 Å². The molecule has 1 aliphatic carbocycles. The predicted molar refractivity (Wildman–Crippen MR) is 77.3 cm³/mol. The van der Waals surface area contributed by atoms with Gasteiger partial charge in [-0.2, -0.15) is 0 Å². The van der Waals surface area contributed by atoms with Crippen molar-refractivity contribution in [1.82, 2.24) is 5.32 Å². The van der Waals surface area contributed by atoms with Crippen LogP contribution in [0.15, 0.2) is 18.2 Å². The average Bonchev–Trinajstić information content (AvgIpc) is 2.46. The van der Waals surface area contributed by atoms with Crippen LogP contribution >= 0.6 is 0 Å². The number of hydrogen-bond donors (Lipinski definition) is 1. The first-order valence-corrected chi connectivity index (χ1v) is 7.61. The van der Waals surface area contributed by atoms with E-state index < -0.39 is 0 Å². The zero-order chi connectivity index (χ0) is 13.2. The van der Waals surface area contributed by atoms with E-state index in [4.69, 9.17) is 0 Å². The summed E-state index contributed by atoms with van der Waals surface area (Å²) < 4.78 is 0. The van der Waals surface area contributed by atoms with Crippen molar-refractivity contribution >= 4 is 5.78 Å². The number of ketones is 1. The van der Waals surface area contributed by atoms with Gasteiger partial charge in [-0.3, -0.25) is 4.79 Å². The number of carbonyl (C=O) groups is 1. The molecule has 1 aliphatic heterocycles. The molecule has 1 aromatic rings. The first-order valence-electron chi connectivity index (χ1n) is 7.61. The van der Waals surface area contributed by atoms with Gasteiger partial charge in [-0.15, -0.1) is 0 Å². The SMILES string of the molecule is CC1CCCC(C(=O)c2ccc3c(c2)CNCC3)C1. The van der Waals surface area contributed by atoms with Gasteiger partial charge in [0.15, 0.2) is 5.78 Å². The number of Topliss-reactive ketones (excluding diaryl/α,β-unsaturated/α-hetero) is 1. The molecule has 1 N–H and O–H groups in total. The van der Waals surface area contributed by atoms with Gasteiger partial charge in [0.2, 0.25) is 0 Å². The molecular weight excluding hydrogens is 234 g/mol. The van der Waals surface area contributed by atoms with Gasteiger partial charge in [0.25, 0.3) is 0 Å². The van der Waals surface area contributed by atoms with E-state index in [-0.39, 0.29) is 5.92 Å². The van der Waals surface area contributed by atoms with E-state index in [0.29, 0.717) is 11.7 Å². The second-order valence-electron chi connectivity index (χ2n) is 6.24. The summed E-state index contributed by atoms with van der Waals surface area (Å²) >= 11 is 0. The lowest BCUT2D eigenvalue weighted by Crippen LogP contribution is -2.25. The lowest BCUT2D eigenvalue weighted by atomic mass is 9.78. The highest BCUT2D eigenvalue weighted by atomic mass is 16.1. The summed E-state index contributed by atoms with van der Waals surface area (Å²) in [4.78, 5) is 12.6. The number of carbonyl (C=O) groups excluding carboxylic acids is 1. The molecule has 102 valence electrons. The third kappa shape index (κ3) is 2.74. The van der Waals surface area contributed by atoms with Crippen LogP contribution in [0.1, 0.15) is 54.1 Å². The highest BCUT2D eigenvalue weighted by Gasteiger charge is 2.26. The van der Waals surface area contributed by atoms with Crippen molar-refractivity contribution in [2.45, 2.75) is 45.6 Å². The molecule has 0 aromatic heterocycles. The highest BCUT2D eigenvalue weighted by Crippen LogP contribution is 2.31. The predicted octanol–water partition coefficient (Wildman–Crippen LogP) is 3.34. The van der Waals surface area contributed by atoms with Crippen LogP contribution in [0.4, 0.5) is 0 Å². The molecule has 0 amide bonds. The monoisotopic (exact) mass is 257 g/mol. The van der Waals surface area contributed by atoms with E-state index in [1.54, 1.807) is 0 Å². The summed E-state index contributed by atoms with van der Waals surface area (Å²) in [5.41, 5.74) is 3.66. The van der Waals surface area contributed by atoms with Crippen LogP contribution in [-0.2, 0) is 13.0 Å². The normalized spacial score (nSPS) is 26.8. The molecule has 1 saturated carbocycles. The molecule has 3 rings (SSSR count). The van der Waals surface area contributed by atoms with E-state index >= 15 is 0 Å². The van der Waals surface area contributed by atoms with Crippen molar-refractivity contribution in [2.24, 2.45) is 11.8 Å². The molecule has 0 radical (unpaired) electrons. The number of benzene rings is 1. The highest BCUT2D eigenvalue weighted by molar-refractivity contribution is 5.98. The number of rotatable bonds is 2. The zero-order valence-corrected chi connectivity index (χ0v) is 11.7. The van der Waals surface area contributed by atoms with Gasteiger partial charge in [0, 0.05) is 18.0 Å². The van der Waals surface area contributed by atoms with Gasteiger partial charge in [-0.05, 0) is 48.9 Å². The van der Waals surface area contributed by atoms with Crippen molar-refractivity contribution < 1.29 is 4.79 Å². The Morgan fingerprint density at radius 2 is 2.16 bits per heavy atom. The number of hydrogen-bond acceptors (Lipinski definition) is 2. The van der Waals surface area contributed by atoms with Gasteiger partial charge in [-0.25, -0.2) is 0 Å². The molecule has 2 heteroatoms. The van der Waals surface area contributed by atoms with Gasteiger partial charge in [0.1, 0.15) is 0 Å². The Morgan fingerprint density at radius 3 is 3.00 bits per heavy atom. The maximum Gasteiger partial charge on any atom is 0.165 e. The summed E-state index contributed by atoms with van der Waals surface area (Å²) in [6.45, 7) is 4.24. The van der Waals surface area contributed by atoms with Gasteiger partial charge in [-0.1, -0.05) is 31.9 Å². The van der Waals surface area contributed by atoms with E-state index in [9.17, 15) is 4.79 Å². The molecule has 2 unspecified atom stereocenters. The van der Waals surface area contributed by atoms with Crippen LogP contribution < -0.4 is 5.32 Å². The summed E-state index contributed by atoms with van der Waals surface area (Å²) in [6, 6.07) is 6.34. The minimum atomic E-state index is 0.262. The Balaban J connectivity index is 1.79. The minimum Gasteiger partial charge on any atom is -0.312 e. The Kier molecular flexibility index (Phi) is 3.69. The second-order valence-corrected chi connectivity index (χ2v) is 6.24. The van der Waals surface area contributed by atoms with Gasteiger partial charge < -0.3 is 5.32 Å². The lowest BCUT2D eigenvalue weighted by molar-refractivity contribution is 0.0868. The summed E-state index contributed by atoms with van der Waals surface area (Å²) in [7, 11) is 0. The molecule has 1 heterocycles. The van der Waals surface area contributed by atoms with Crippen molar-refractivity contribution in [2.75, 3.05) is 6.54 Å². The largest absolute Gasteiger partial charge is 0.312 e. The first-order chi connectivity index (χ1) is 9.24. The lowest BCUT2D eigenvalue weighted by Gasteiger charge is -2.26. The topological polar surface area (TPSA) is 29.1 Å².